The molecule has 3 N–H and O–H groups in total. The molecule has 1 saturated heterocycles. The Hall–Kier alpha value is -1.59. The summed E-state index contributed by atoms with van der Waals surface area (Å²) >= 11 is 0. The molecule has 5 nitrogen and oxygen atoms in total. The van der Waals surface area contributed by atoms with Crippen molar-refractivity contribution in [2.75, 3.05) is 24.3 Å². The van der Waals surface area contributed by atoms with Crippen molar-refractivity contribution in [1.82, 2.24) is 0 Å². The predicted octanol–water partition coefficient (Wildman–Crippen LogP) is 1.32. The van der Waals surface area contributed by atoms with Gasteiger partial charge in [0, 0.05) is 11.4 Å². The Bertz CT molecular complexity index is 444. The van der Waals surface area contributed by atoms with E-state index in [0.717, 1.165) is 11.3 Å². The van der Waals surface area contributed by atoms with E-state index in [0.29, 0.717) is 18.9 Å². The average Bonchev–Trinajstić information content (AvgIpc) is 2.29. The maximum atomic E-state index is 11.9. The molecular weight excluding hydrogens is 232 g/mol. The van der Waals surface area contributed by atoms with Crippen molar-refractivity contribution in [3.63, 3.8) is 0 Å². The van der Waals surface area contributed by atoms with Crippen molar-refractivity contribution in [3.8, 4) is 0 Å². The van der Waals surface area contributed by atoms with Crippen LogP contribution in [0.3, 0.4) is 0 Å². The third-order valence-electron chi connectivity index (χ3n) is 3.01. The second-order valence-electron chi connectivity index (χ2n) is 4.45. The van der Waals surface area contributed by atoms with Crippen LogP contribution in [0.5, 0.6) is 0 Å². The molecule has 0 aliphatic carbocycles. The third-order valence-corrected chi connectivity index (χ3v) is 3.01. The molecule has 1 aliphatic rings. The highest BCUT2D eigenvalue weighted by Crippen LogP contribution is 2.21. The normalized spacial score (nSPS) is 17.0. The van der Waals surface area contributed by atoms with Crippen molar-refractivity contribution in [2.24, 2.45) is 0 Å². The lowest BCUT2D eigenvalue weighted by molar-refractivity contribution is -0.161. The maximum Gasteiger partial charge on any atom is 0.253 e. The number of hydrogen-bond donors (Lipinski definition) is 2. The predicted molar refractivity (Wildman–Crippen MR) is 69.4 cm³/mol. The monoisotopic (exact) mass is 250 g/mol. The highest BCUT2D eigenvalue weighted by atomic mass is 16.6. The lowest BCUT2D eigenvalue weighted by Gasteiger charge is -2.28. The van der Waals surface area contributed by atoms with Gasteiger partial charge in [-0.15, -0.1) is 0 Å². The fraction of sp³-hybridized carbons (Fsp3) is 0.462. The highest BCUT2D eigenvalue weighted by molar-refractivity contribution is 5.95. The van der Waals surface area contributed by atoms with E-state index in [2.05, 4.69) is 5.32 Å². The summed E-state index contributed by atoms with van der Waals surface area (Å²) in [5.41, 5.74) is 8.03. The first-order chi connectivity index (χ1) is 8.58. The molecule has 0 aromatic heterocycles. The van der Waals surface area contributed by atoms with Crippen LogP contribution < -0.4 is 11.1 Å². The minimum Gasteiger partial charge on any atom is -0.398 e. The molecule has 2 rings (SSSR count). The Labute approximate surface area is 106 Å². The van der Waals surface area contributed by atoms with Crippen LogP contribution in [-0.2, 0) is 14.3 Å². The van der Waals surface area contributed by atoms with Crippen LogP contribution in [0.1, 0.15) is 12.5 Å². The fourth-order valence-corrected chi connectivity index (χ4v) is 1.67. The topological polar surface area (TPSA) is 73.6 Å². The van der Waals surface area contributed by atoms with Gasteiger partial charge in [0.2, 0.25) is 0 Å². The van der Waals surface area contributed by atoms with Gasteiger partial charge < -0.3 is 20.5 Å². The number of rotatable bonds is 4. The van der Waals surface area contributed by atoms with Gasteiger partial charge in [-0.1, -0.05) is 6.07 Å². The van der Waals surface area contributed by atoms with Crippen molar-refractivity contribution in [3.05, 3.63) is 23.8 Å². The SMILES string of the molecule is Cc1c(N)cccc1NC(=O)C(C)OC1COC1. The molecule has 0 bridgehead atoms. The zero-order chi connectivity index (χ0) is 13.1. The van der Waals surface area contributed by atoms with Crippen molar-refractivity contribution >= 4 is 17.3 Å². The van der Waals surface area contributed by atoms with Crippen molar-refractivity contribution < 1.29 is 14.3 Å². The van der Waals surface area contributed by atoms with E-state index < -0.39 is 6.10 Å². The number of carbonyl (C=O) groups is 1. The largest absolute Gasteiger partial charge is 0.398 e. The van der Waals surface area contributed by atoms with Crippen LogP contribution in [0, 0.1) is 6.92 Å². The second kappa shape index (κ2) is 5.37. The van der Waals surface area contributed by atoms with Gasteiger partial charge in [-0.2, -0.15) is 0 Å². The number of nitrogen functional groups attached to an aromatic ring is 1. The summed E-state index contributed by atoms with van der Waals surface area (Å²) < 4.78 is 10.5. The summed E-state index contributed by atoms with van der Waals surface area (Å²) in [6.45, 7) is 4.73. The van der Waals surface area contributed by atoms with E-state index in [4.69, 9.17) is 15.2 Å². The van der Waals surface area contributed by atoms with Gasteiger partial charge in [0.15, 0.2) is 0 Å². The van der Waals surface area contributed by atoms with Gasteiger partial charge in [-0.25, -0.2) is 0 Å². The molecule has 98 valence electrons. The Balaban J connectivity index is 1.95. The van der Waals surface area contributed by atoms with Crippen LogP contribution >= 0.6 is 0 Å². The molecular formula is C13H18N2O3. The van der Waals surface area contributed by atoms with Crippen molar-refractivity contribution in [1.29, 1.82) is 0 Å². The van der Waals surface area contributed by atoms with Gasteiger partial charge in [0.25, 0.3) is 5.91 Å². The molecule has 1 heterocycles. The van der Waals surface area contributed by atoms with E-state index in [1.54, 1.807) is 13.0 Å². The first kappa shape index (κ1) is 12.9. The standard InChI is InChI=1S/C13H18N2O3/c1-8-11(14)4-3-5-12(8)15-13(16)9(2)18-10-6-17-7-10/h3-5,9-10H,6-7,14H2,1-2H3,(H,15,16). The summed E-state index contributed by atoms with van der Waals surface area (Å²) in [6, 6.07) is 5.43. The third kappa shape index (κ3) is 2.80. The van der Waals surface area contributed by atoms with Crippen LogP contribution in [0.2, 0.25) is 0 Å². The quantitative estimate of drug-likeness (QED) is 0.790. The number of ether oxygens (including phenoxy) is 2. The van der Waals surface area contributed by atoms with E-state index in [1.165, 1.54) is 0 Å². The van der Waals surface area contributed by atoms with Crippen LogP contribution in [0.15, 0.2) is 18.2 Å². The molecule has 18 heavy (non-hydrogen) atoms. The summed E-state index contributed by atoms with van der Waals surface area (Å²) in [6.07, 6.45) is -0.465. The van der Waals surface area contributed by atoms with E-state index in [9.17, 15) is 4.79 Å². The molecule has 1 aromatic rings. The fourth-order valence-electron chi connectivity index (χ4n) is 1.67. The van der Waals surface area contributed by atoms with Gasteiger partial charge in [0.1, 0.15) is 12.2 Å². The number of carbonyl (C=O) groups excluding carboxylic acids is 1. The summed E-state index contributed by atoms with van der Waals surface area (Å²) in [4.78, 5) is 11.9. The van der Waals surface area contributed by atoms with Crippen LogP contribution in [0.4, 0.5) is 11.4 Å². The summed E-state index contributed by atoms with van der Waals surface area (Å²) in [7, 11) is 0. The number of nitrogens with two attached hydrogens (primary N) is 1. The average molecular weight is 250 g/mol. The Morgan fingerprint density at radius 3 is 2.89 bits per heavy atom. The molecule has 1 fully saturated rings. The molecule has 1 aromatic carbocycles. The summed E-state index contributed by atoms with van der Waals surface area (Å²) in [5, 5.41) is 2.82. The molecule has 0 radical (unpaired) electrons. The van der Waals surface area contributed by atoms with Gasteiger partial charge in [-0.3, -0.25) is 4.79 Å². The van der Waals surface area contributed by atoms with Crippen LogP contribution in [-0.4, -0.2) is 31.3 Å². The van der Waals surface area contributed by atoms with Gasteiger partial charge >= 0.3 is 0 Å². The zero-order valence-corrected chi connectivity index (χ0v) is 10.6. The molecule has 1 aliphatic heterocycles. The number of benzene rings is 1. The van der Waals surface area contributed by atoms with E-state index >= 15 is 0 Å². The molecule has 5 heteroatoms. The van der Waals surface area contributed by atoms with E-state index in [-0.39, 0.29) is 12.0 Å². The molecule has 1 amide bonds. The van der Waals surface area contributed by atoms with Gasteiger partial charge in [-0.05, 0) is 31.5 Å². The molecule has 1 unspecified atom stereocenters. The number of anilines is 2. The van der Waals surface area contributed by atoms with Crippen molar-refractivity contribution in [2.45, 2.75) is 26.1 Å². The first-order valence-corrected chi connectivity index (χ1v) is 5.97. The first-order valence-electron chi connectivity index (χ1n) is 5.97. The minimum absolute atomic E-state index is 0.0349. The molecule has 0 saturated carbocycles. The zero-order valence-electron chi connectivity index (χ0n) is 10.6. The Kier molecular flexibility index (Phi) is 3.84. The van der Waals surface area contributed by atoms with E-state index in [1.807, 2.05) is 19.1 Å². The number of amides is 1. The molecule has 1 atom stereocenters. The van der Waals surface area contributed by atoms with Crippen LogP contribution in [0.25, 0.3) is 0 Å². The molecule has 0 spiro atoms. The Morgan fingerprint density at radius 2 is 2.28 bits per heavy atom. The maximum absolute atomic E-state index is 11.9. The number of hydrogen-bond acceptors (Lipinski definition) is 4. The second-order valence-corrected chi connectivity index (χ2v) is 4.45. The van der Waals surface area contributed by atoms with Gasteiger partial charge in [0.05, 0.1) is 13.2 Å². The number of nitrogens with one attached hydrogen (secondary N) is 1. The summed E-state index contributed by atoms with van der Waals surface area (Å²) in [5.74, 6) is -0.171. The Morgan fingerprint density at radius 1 is 1.56 bits per heavy atom. The minimum atomic E-state index is -0.500. The lowest BCUT2D eigenvalue weighted by Crippen LogP contribution is -2.41. The smallest absolute Gasteiger partial charge is 0.253 e. The lowest BCUT2D eigenvalue weighted by atomic mass is 10.1. The highest BCUT2D eigenvalue weighted by Gasteiger charge is 2.25.